The molecule has 22 heavy (non-hydrogen) atoms. The average Bonchev–Trinajstić information content (AvgIpc) is 2.47. The SMILES string of the molecule is CCSC1CCCCC1NC(C(=O)O)c1c(F)cccc1Cl. The highest BCUT2D eigenvalue weighted by atomic mass is 35.5. The molecule has 1 aliphatic carbocycles. The highest BCUT2D eigenvalue weighted by Gasteiger charge is 2.32. The van der Waals surface area contributed by atoms with Gasteiger partial charge in [-0.25, -0.2) is 4.39 Å². The van der Waals surface area contributed by atoms with Crippen molar-refractivity contribution < 1.29 is 14.3 Å². The summed E-state index contributed by atoms with van der Waals surface area (Å²) in [6.45, 7) is 2.10. The van der Waals surface area contributed by atoms with E-state index in [2.05, 4.69) is 12.2 Å². The maximum absolute atomic E-state index is 14.1. The number of hydrogen-bond acceptors (Lipinski definition) is 3. The van der Waals surface area contributed by atoms with E-state index in [0.29, 0.717) is 5.25 Å². The van der Waals surface area contributed by atoms with Crippen LogP contribution < -0.4 is 5.32 Å². The van der Waals surface area contributed by atoms with Crippen LogP contribution >= 0.6 is 23.4 Å². The second-order valence-corrected chi connectivity index (χ2v) is 7.38. The molecule has 3 unspecified atom stereocenters. The van der Waals surface area contributed by atoms with Crippen LogP contribution in [0.1, 0.15) is 44.2 Å². The average molecular weight is 346 g/mol. The number of nitrogens with one attached hydrogen (secondary N) is 1. The third-order valence-corrected chi connectivity index (χ3v) is 5.65. The Morgan fingerprint density at radius 3 is 2.86 bits per heavy atom. The Balaban J connectivity index is 2.23. The normalized spacial score (nSPS) is 23.2. The zero-order chi connectivity index (χ0) is 16.1. The minimum absolute atomic E-state index is 0.0301. The summed E-state index contributed by atoms with van der Waals surface area (Å²) in [5.41, 5.74) is 0.0301. The third kappa shape index (κ3) is 4.15. The van der Waals surface area contributed by atoms with Crippen LogP contribution in [0.5, 0.6) is 0 Å². The summed E-state index contributed by atoms with van der Waals surface area (Å²) in [5.74, 6) is -0.693. The summed E-state index contributed by atoms with van der Waals surface area (Å²) in [7, 11) is 0. The summed E-state index contributed by atoms with van der Waals surface area (Å²) in [6.07, 6.45) is 4.20. The van der Waals surface area contributed by atoms with Gasteiger partial charge in [0.15, 0.2) is 0 Å². The van der Waals surface area contributed by atoms with Gasteiger partial charge in [-0.05, 0) is 30.7 Å². The molecule has 1 aromatic carbocycles. The van der Waals surface area contributed by atoms with Gasteiger partial charge in [-0.3, -0.25) is 10.1 Å². The van der Waals surface area contributed by atoms with Crippen LogP contribution in [0.2, 0.25) is 5.02 Å². The van der Waals surface area contributed by atoms with E-state index in [4.69, 9.17) is 11.6 Å². The Labute approximate surface area is 139 Å². The fourth-order valence-electron chi connectivity index (χ4n) is 2.98. The van der Waals surface area contributed by atoms with E-state index in [1.807, 2.05) is 11.8 Å². The van der Waals surface area contributed by atoms with E-state index in [9.17, 15) is 14.3 Å². The summed E-state index contributed by atoms with van der Waals surface area (Å²) in [4.78, 5) is 11.6. The molecule has 6 heteroatoms. The van der Waals surface area contributed by atoms with Crippen molar-refractivity contribution in [2.45, 2.75) is 49.9 Å². The van der Waals surface area contributed by atoms with E-state index in [0.717, 1.165) is 31.4 Å². The monoisotopic (exact) mass is 345 g/mol. The molecule has 3 nitrogen and oxygen atoms in total. The summed E-state index contributed by atoms with van der Waals surface area (Å²) in [5, 5.41) is 13.2. The fourth-order valence-corrected chi connectivity index (χ4v) is 4.46. The lowest BCUT2D eigenvalue weighted by Gasteiger charge is -2.34. The predicted octanol–water partition coefficient (Wildman–Crippen LogP) is 4.26. The van der Waals surface area contributed by atoms with Crippen molar-refractivity contribution in [2.75, 3.05) is 5.75 Å². The smallest absolute Gasteiger partial charge is 0.325 e. The van der Waals surface area contributed by atoms with Gasteiger partial charge >= 0.3 is 5.97 Å². The lowest BCUT2D eigenvalue weighted by molar-refractivity contribution is -0.140. The zero-order valence-electron chi connectivity index (χ0n) is 12.5. The molecule has 1 saturated carbocycles. The van der Waals surface area contributed by atoms with Gasteiger partial charge in [0.25, 0.3) is 0 Å². The highest BCUT2D eigenvalue weighted by Crippen LogP contribution is 2.32. The summed E-state index contributed by atoms with van der Waals surface area (Å²) < 4.78 is 14.1. The van der Waals surface area contributed by atoms with Crippen LogP contribution in [0.3, 0.4) is 0 Å². The Morgan fingerprint density at radius 1 is 1.50 bits per heavy atom. The Kier molecular flexibility index (Phi) is 6.53. The molecular weight excluding hydrogens is 325 g/mol. The van der Waals surface area contributed by atoms with Crippen LogP contribution in [0.15, 0.2) is 18.2 Å². The number of carbonyl (C=O) groups is 1. The second kappa shape index (κ2) is 8.18. The number of aliphatic carboxylic acids is 1. The Morgan fingerprint density at radius 2 is 2.23 bits per heavy atom. The number of rotatable bonds is 6. The van der Waals surface area contributed by atoms with Crippen molar-refractivity contribution in [1.82, 2.24) is 5.32 Å². The first-order valence-corrected chi connectivity index (χ1v) is 9.01. The molecule has 0 aromatic heterocycles. The Bertz CT molecular complexity index is 507. The number of carboxylic acid groups (broad SMARTS) is 1. The maximum Gasteiger partial charge on any atom is 0.325 e. The van der Waals surface area contributed by atoms with Crippen LogP contribution in [0.25, 0.3) is 0 Å². The van der Waals surface area contributed by atoms with E-state index >= 15 is 0 Å². The van der Waals surface area contributed by atoms with E-state index in [1.165, 1.54) is 18.2 Å². The molecule has 3 atom stereocenters. The Hall–Kier alpha value is -0.780. The van der Waals surface area contributed by atoms with Gasteiger partial charge in [-0.2, -0.15) is 11.8 Å². The third-order valence-electron chi connectivity index (χ3n) is 4.00. The van der Waals surface area contributed by atoms with Gasteiger partial charge in [0.05, 0.1) is 0 Å². The molecule has 0 spiro atoms. The molecule has 0 amide bonds. The molecule has 2 rings (SSSR count). The molecule has 2 N–H and O–H groups in total. The van der Waals surface area contributed by atoms with Crippen LogP contribution in [0.4, 0.5) is 4.39 Å². The number of benzene rings is 1. The van der Waals surface area contributed by atoms with Gasteiger partial charge in [0, 0.05) is 21.9 Å². The molecule has 1 fully saturated rings. The predicted molar refractivity (Wildman–Crippen MR) is 89.1 cm³/mol. The standard InChI is InChI=1S/C16H21ClFNO2S/c1-2-22-13-9-4-3-8-12(13)19-15(16(20)21)14-10(17)6-5-7-11(14)18/h5-7,12-13,15,19H,2-4,8-9H2,1H3,(H,20,21). The first-order chi connectivity index (χ1) is 10.5. The lowest BCUT2D eigenvalue weighted by atomic mass is 9.93. The number of thioether (sulfide) groups is 1. The van der Waals surface area contributed by atoms with Crippen molar-refractivity contribution >= 4 is 29.3 Å². The van der Waals surface area contributed by atoms with Crippen molar-refractivity contribution in [1.29, 1.82) is 0 Å². The van der Waals surface area contributed by atoms with E-state index in [1.54, 1.807) is 0 Å². The van der Waals surface area contributed by atoms with Gasteiger partial charge in [0.2, 0.25) is 0 Å². The largest absolute Gasteiger partial charge is 0.480 e. The first kappa shape index (κ1) is 17.6. The summed E-state index contributed by atoms with van der Waals surface area (Å²) in [6, 6.07) is 3.21. The topological polar surface area (TPSA) is 49.3 Å². The lowest BCUT2D eigenvalue weighted by Crippen LogP contribution is -2.45. The molecule has 1 aliphatic rings. The molecule has 122 valence electrons. The van der Waals surface area contributed by atoms with Crippen molar-refractivity contribution in [2.24, 2.45) is 0 Å². The molecule has 0 aliphatic heterocycles. The quantitative estimate of drug-likeness (QED) is 0.808. The number of carboxylic acids is 1. The highest BCUT2D eigenvalue weighted by molar-refractivity contribution is 7.99. The van der Waals surface area contributed by atoms with Crippen molar-refractivity contribution in [3.8, 4) is 0 Å². The summed E-state index contributed by atoms with van der Waals surface area (Å²) >= 11 is 7.87. The molecule has 0 bridgehead atoms. The van der Waals surface area contributed by atoms with Crippen molar-refractivity contribution in [3.05, 3.63) is 34.6 Å². The minimum Gasteiger partial charge on any atom is -0.480 e. The van der Waals surface area contributed by atoms with Crippen molar-refractivity contribution in [3.63, 3.8) is 0 Å². The molecule has 0 radical (unpaired) electrons. The minimum atomic E-state index is -1.11. The number of halogens is 2. The van der Waals surface area contributed by atoms with Gasteiger partial charge < -0.3 is 5.11 Å². The molecular formula is C16H21ClFNO2S. The van der Waals surface area contributed by atoms with Gasteiger partial charge in [-0.15, -0.1) is 0 Å². The molecule has 1 aromatic rings. The van der Waals surface area contributed by atoms with Crippen LogP contribution in [-0.4, -0.2) is 28.1 Å². The van der Waals surface area contributed by atoms with E-state index < -0.39 is 17.8 Å². The zero-order valence-corrected chi connectivity index (χ0v) is 14.1. The van der Waals surface area contributed by atoms with Crippen LogP contribution in [-0.2, 0) is 4.79 Å². The van der Waals surface area contributed by atoms with Gasteiger partial charge in [-0.1, -0.05) is 37.4 Å². The molecule has 0 saturated heterocycles. The second-order valence-electron chi connectivity index (χ2n) is 5.46. The number of hydrogen-bond donors (Lipinski definition) is 2. The maximum atomic E-state index is 14.1. The molecule has 0 heterocycles. The van der Waals surface area contributed by atoms with E-state index in [-0.39, 0.29) is 16.6 Å². The first-order valence-electron chi connectivity index (χ1n) is 7.59. The van der Waals surface area contributed by atoms with Gasteiger partial charge in [0.1, 0.15) is 11.9 Å². The van der Waals surface area contributed by atoms with Crippen LogP contribution in [0, 0.1) is 5.82 Å². The fraction of sp³-hybridized carbons (Fsp3) is 0.562.